The molecule has 62 heavy (non-hydrogen) atoms. The number of allylic oxidation sites excluding steroid dienone is 2. The lowest BCUT2D eigenvalue weighted by molar-refractivity contribution is -0.254. The van der Waals surface area contributed by atoms with Gasteiger partial charge in [0.15, 0.2) is 5.41 Å². The number of halogens is 6. The molecule has 0 N–H and O–H groups in total. The first-order chi connectivity index (χ1) is 29.1. The number of alkyl halides is 6. The van der Waals surface area contributed by atoms with Crippen LogP contribution >= 0.6 is 45.3 Å². The van der Waals surface area contributed by atoms with Crippen LogP contribution in [0.2, 0.25) is 0 Å². The minimum absolute atomic E-state index is 0.0177. The normalized spacial score (nSPS) is 17.6. The molecule has 0 fully saturated rings. The van der Waals surface area contributed by atoms with Gasteiger partial charge in [-0.25, -0.2) is 0 Å². The number of methoxy groups -OCH3 is 2. The van der Waals surface area contributed by atoms with Crippen molar-refractivity contribution in [2.75, 3.05) is 14.2 Å². The molecule has 4 nitrogen and oxygen atoms in total. The Morgan fingerprint density at radius 3 is 1.21 bits per heavy atom. The molecular weight excluding hydrogens is 883 g/mol. The van der Waals surface area contributed by atoms with Crippen molar-refractivity contribution in [1.82, 2.24) is 0 Å². The topological polar surface area (TPSA) is 44.7 Å². The average Bonchev–Trinajstić information content (AvgIpc) is 4.06. The monoisotopic (exact) mass is 920 g/mol. The molecule has 0 saturated heterocycles. The summed E-state index contributed by atoms with van der Waals surface area (Å²) in [5.41, 5.74) is -6.34. The quantitative estimate of drug-likeness (QED) is 0.156. The van der Waals surface area contributed by atoms with Gasteiger partial charge >= 0.3 is 17.8 Å². The molecule has 0 bridgehead atoms. The minimum atomic E-state index is -5.83. The summed E-state index contributed by atoms with van der Waals surface area (Å²) in [6, 6.07) is 24.2. The van der Waals surface area contributed by atoms with E-state index in [2.05, 4.69) is 53.7 Å². The highest BCUT2D eigenvalue weighted by molar-refractivity contribution is 7.23. The van der Waals surface area contributed by atoms with E-state index in [1.807, 2.05) is 36.4 Å². The van der Waals surface area contributed by atoms with Gasteiger partial charge in [0.25, 0.3) is 0 Å². The van der Waals surface area contributed by atoms with E-state index in [1.54, 1.807) is 22.7 Å². The highest BCUT2D eigenvalue weighted by Gasteiger charge is 2.82. The first-order valence-corrected chi connectivity index (χ1v) is 22.9. The number of benzene rings is 2. The Hall–Kier alpha value is -4.76. The molecule has 2 aromatic carbocycles. The smallest absolute Gasteiger partial charge is 0.380 e. The molecular formula is C48H38F6O4S4. The fourth-order valence-corrected chi connectivity index (χ4v) is 13.4. The van der Waals surface area contributed by atoms with Gasteiger partial charge in [0.2, 0.25) is 0 Å². The van der Waals surface area contributed by atoms with Crippen LogP contribution in [0.3, 0.4) is 0 Å². The fourth-order valence-electron chi connectivity index (χ4n) is 8.58. The first kappa shape index (κ1) is 41.3. The van der Waals surface area contributed by atoms with E-state index in [0.29, 0.717) is 9.75 Å². The van der Waals surface area contributed by atoms with Crippen LogP contribution in [0.25, 0.3) is 52.6 Å². The molecule has 6 aromatic heterocycles. The third kappa shape index (κ3) is 5.54. The number of hydrogen-bond acceptors (Lipinski definition) is 8. The van der Waals surface area contributed by atoms with E-state index in [-0.39, 0.29) is 55.8 Å². The third-order valence-corrected chi connectivity index (χ3v) is 17.6. The number of furan rings is 2. The van der Waals surface area contributed by atoms with Gasteiger partial charge in [-0.2, -0.15) is 26.3 Å². The Labute approximate surface area is 369 Å². The maximum atomic E-state index is 17.0. The molecule has 0 spiro atoms. The van der Waals surface area contributed by atoms with E-state index in [9.17, 15) is 0 Å². The molecule has 0 saturated carbocycles. The number of ether oxygens (including phenoxy) is 2. The summed E-state index contributed by atoms with van der Waals surface area (Å²) in [6.07, 6.45) is 0. The van der Waals surface area contributed by atoms with Gasteiger partial charge in [0.1, 0.15) is 34.2 Å². The molecule has 0 atom stereocenters. The van der Waals surface area contributed by atoms with Gasteiger partial charge < -0.3 is 18.3 Å². The molecule has 14 heteroatoms. The lowest BCUT2D eigenvalue weighted by Gasteiger charge is -2.32. The van der Waals surface area contributed by atoms with Crippen molar-refractivity contribution in [3.63, 3.8) is 0 Å². The number of thiophene rings is 4. The summed E-state index contributed by atoms with van der Waals surface area (Å²) >= 11 is 5.88. The maximum Gasteiger partial charge on any atom is 0.380 e. The van der Waals surface area contributed by atoms with E-state index < -0.39 is 45.5 Å². The summed E-state index contributed by atoms with van der Waals surface area (Å²) in [4.78, 5) is 6.71. The van der Waals surface area contributed by atoms with Crippen molar-refractivity contribution in [3.05, 3.63) is 127 Å². The largest absolute Gasteiger partial charge is 0.497 e. The molecule has 8 aromatic rings. The highest BCUT2D eigenvalue weighted by Crippen LogP contribution is 2.71. The van der Waals surface area contributed by atoms with Gasteiger partial charge in [-0.1, -0.05) is 41.5 Å². The lowest BCUT2D eigenvalue weighted by Crippen LogP contribution is -2.49. The number of rotatable bonds is 6. The predicted octanol–water partition coefficient (Wildman–Crippen LogP) is 15.9. The average molecular weight is 921 g/mol. The molecule has 2 aliphatic carbocycles. The maximum absolute atomic E-state index is 17.0. The highest BCUT2D eigenvalue weighted by atomic mass is 32.1. The van der Waals surface area contributed by atoms with Gasteiger partial charge in [-0.3, -0.25) is 0 Å². The Morgan fingerprint density at radius 2 is 0.855 bits per heavy atom. The lowest BCUT2D eigenvalue weighted by atomic mass is 9.75. The Morgan fingerprint density at radius 1 is 0.484 bits per heavy atom. The molecule has 0 radical (unpaired) electrons. The summed E-state index contributed by atoms with van der Waals surface area (Å²) in [7, 11) is 2.82. The van der Waals surface area contributed by atoms with Crippen LogP contribution < -0.4 is 9.47 Å². The fraction of sp³-hybridized carbons (Fsp3) is 0.292. The van der Waals surface area contributed by atoms with Crippen molar-refractivity contribution in [1.29, 1.82) is 0 Å². The number of fused-ring (bicyclic) bond motifs is 8. The van der Waals surface area contributed by atoms with E-state index in [0.717, 1.165) is 29.3 Å². The second-order valence-corrected chi connectivity index (χ2v) is 22.1. The summed E-state index contributed by atoms with van der Waals surface area (Å²) in [6.45, 7) is 12.7. The predicted molar refractivity (Wildman–Crippen MR) is 239 cm³/mol. The second kappa shape index (κ2) is 13.4. The number of hydrogen-bond donors (Lipinski definition) is 0. The van der Waals surface area contributed by atoms with Gasteiger partial charge in [-0.05, 0) is 83.6 Å². The standard InChI is InChI=1S/C48H38F6O4S4/c1-43(2,3)33-17-13-29(59-33)31-15-19-35(61-31)45(36-20-16-32(62-36)30-14-18-34(60-30)44(4,5)6)41-37(25-11-9-23(55-7)21-27(25)57-41)39-40(47(51,52)48(53,54)46(39,49)50)38-26-12-10-24(56-8)22-28(26)58-42(38)45/h9-22H,1-8H3. The van der Waals surface area contributed by atoms with E-state index in [1.165, 1.54) is 73.3 Å². The molecule has 2 aliphatic rings. The van der Waals surface area contributed by atoms with Crippen molar-refractivity contribution in [3.8, 4) is 31.0 Å². The summed E-state index contributed by atoms with van der Waals surface area (Å²) < 4.78 is 125. The van der Waals surface area contributed by atoms with E-state index >= 15 is 26.3 Å². The minimum Gasteiger partial charge on any atom is -0.497 e. The van der Waals surface area contributed by atoms with Crippen LogP contribution in [0.5, 0.6) is 11.5 Å². The van der Waals surface area contributed by atoms with E-state index in [4.69, 9.17) is 18.3 Å². The van der Waals surface area contributed by atoms with Gasteiger partial charge in [0, 0.05) is 84.2 Å². The molecule has 10 rings (SSSR count). The zero-order valence-electron chi connectivity index (χ0n) is 34.6. The van der Waals surface area contributed by atoms with Gasteiger partial charge in [-0.15, -0.1) is 45.3 Å². The summed E-state index contributed by atoms with van der Waals surface area (Å²) in [5.74, 6) is -16.5. The molecule has 320 valence electrons. The zero-order chi connectivity index (χ0) is 44.1. The van der Waals surface area contributed by atoms with Crippen LogP contribution in [0, 0.1) is 0 Å². The molecule has 0 amide bonds. The Bertz CT molecular complexity index is 2930. The van der Waals surface area contributed by atoms with Crippen molar-refractivity contribution < 1.29 is 44.7 Å². The first-order valence-electron chi connectivity index (χ1n) is 19.7. The van der Waals surface area contributed by atoms with Crippen LogP contribution in [0.1, 0.15) is 83.7 Å². The molecule has 0 unspecified atom stereocenters. The van der Waals surface area contributed by atoms with Crippen molar-refractivity contribution in [2.45, 2.75) is 75.6 Å². The van der Waals surface area contributed by atoms with Crippen molar-refractivity contribution in [2.24, 2.45) is 0 Å². The summed E-state index contributed by atoms with van der Waals surface area (Å²) in [5, 5.41) is -0.117. The van der Waals surface area contributed by atoms with Gasteiger partial charge in [0.05, 0.1) is 14.2 Å². The Balaban J connectivity index is 1.39. The Kier molecular flexibility index (Phi) is 8.91. The van der Waals surface area contributed by atoms with Crippen LogP contribution in [0.4, 0.5) is 26.3 Å². The third-order valence-electron chi connectivity index (χ3n) is 11.8. The second-order valence-electron chi connectivity index (χ2n) is 17.7. The molecule has 0 aliphatic heterocycles. The van der Waals surface area contributed by atoms with Crippen LogP contribution in [0.15, 0.2) is 93.8 Å². The van der Waals surface area contributed by atoms with Crippen LogP contribution in [-0.2, 0) is 16.2 Å². The van der Waals surface area contributed by atoms with Crippen molar-refractivity contribution >= 4 is 78.4 Å². The SMILES string of the molecule is COc1ccc2c3c(oc2c1)C(c1ccc(-c2ccc(C(C)(C)C)s2)s1)(c1ccc(-c2ccc(C(C)(C)C)s2)s1)c1oc2cc(OC)ccc2c1C1=C3C(F)(F)C(F)(F)C1(F)F. The molecule has 6 heterocycles. The van der Waals surface area contributed by atoms with Crippen LogP contribution in [-0.4, -0.2) is 32.0 Å². The zero-order valence-corrected chi connectivity index (χ0v) is 37.9.